The van der Waals surface area contributed by atoms with E-state index < -0.39 is 17.9 Å². The molecule has 0 aromatic heterocycles. The Labute approximate surface area is 117 Å². The molecule has 2 N–H and O–H groups in total. The van der Waals surface area contributed by atoms with Crippen LogP contribution >= 0.6 is 11.6 Å². The lowest BCUT2D eigenvalue weighted by molar-refractivity contribution is -0.142. The lowest BCUT2D eigenvalue weighted by Gasteiger charge is -2.16. The summed E-state index contributed by atoms with van der Waals surface area (Å²) in [6.07, 6.45) is 2.91. The number of carboxylic acids is 1. The number of carboxylic acid groups (broad SMARTS) is 1. The highest BCUT2D eigenvalue weighted by molar-refractivity contribution is 6.30. The summed E-state index contributed by atoms with van der Waals surface area (Å²) >= 11 is 5.74. The summed E-state index contributed by atoms with van der Waals surface area (Å²) in [5.74, 6) is -1.65. The molecule has 0 heterocycles. The minimum atomic E-state index is -1.04. The first-order chi connectivity index (χ1) is 8.90. The smallest absolute Gasteiger partial charge is 0.326 e. The average Bonchev–Trinajstić information content (AvgIpc) is 2.34. The maximum atomic E-state index is 11.6. The highest BCUT2D eigenvalue weighted by Crippen LogP contribution is 2.10. The first-order valence-electron chi connectivity index (χ1n) is 5.87. The fourth-order valence-electron chi connectivity index (χ4n) is 1.46. The summed E-state index contributed by atoms with van der Waals surface area (Å²) in [7, 11) is 0. The molecule has 0 saturated carbocycles. The Morgan fingerprint density at radius 3 is 2.32 bits per heavy atom. The number of rotatable bonds is 5. The van der Waals surface area contributed by atoms with E-state index in [4.69, 9.17) is 16.7 Å². The van der Waals surface area contributed by atoms with Crippen LogP contribution in [-0.4, -0.2) is 23.0 Å². The molecular weight excluding hydrogens is 266 g/mol. The third-order valence-electron chi connectivity index (χ3n) is 2.53. The summed E-state index contributed by atoms with van der Waals surface area (Å²) in [6.45, 7) is 3.48. The summed E-state index contributed by atoms with van der Waals surface area (Å²) in [6, 6.07) is 6.08. The first-order valence-corrected chi connectivity index (χ1v) is 6.25. The second-order valence-electron chi connectivity index (χ2n) is 4.45. The molecule has 0 aliphatic rings. The van der Waals surface area contributed by atoms with Gasteiger partial charge in [-0.25, -0.2) is 4.79 Å². The summed E-state index contributed by atoms with van der Waals surface area (Å²) < 4.78 is 0. The van der Waals surface area contributed by atoms with Gasteiger partial charge in [-0.3, -0.25) is 4.79 Å². The van der Waals surface area contributed by atoms with Gasteiger partial charge < -0.3 is 10.4 Å². The van der Waals surface area contributed by atoms with Gasteiger partial charge >= 0.3 is 5.97 Å². The highest BCUT2D eigenvalue weighted by atomic mass is 35.5. The van der Waals surface area contributed by atoms with Crippen molar-refractivity contribution in [3.63, 3.8) is 0 Å². The van der Waals surface area contributed by atoms with Crippen LogP contribution in [0.3, 0.4) is 0 Å². The molecule has 0 spiro atoms. The van der Waals surface area contributed by atoms with Gasteiger partial charge in [0.2, 0.25) is 5.91 Å². The molecule has 0 aliphatic heterocycles. The normalized spacial score (nSPS) is 12.6. The molecule has 102 valence electrons. The monoisotopic (exact) mass is 281 g/mol. The largest absolute Gasteiger partial charge is 0.480 e. The summed E-state index contributed by atoms with van der Waals surface area (Å²) in [5, 5.41) is 12.0. The lowest BCUT2D eigenvalue weighted by atomic mass is 10.0. The molecule has 0 fully saturated rings. The minimum Gasteiger partial charge on any atom is -0.480 e. The number of amides is 1. The van der Waals surface area contributed by atoms with Crippen LogP contribution < -0.4 is 5.32 Å². The molecule has 1 atom stereocenters. The number of hydrogen-bond donors (Lipinski definition) is 2. The molecule has 4 nitrogen and oxygen atoms in total. The molecule has 1 aromatic carbocycles. The fraction of sp³-hybridized carbons (Fsp3) is 0.286. The van der Waals surface area contributed by atoms with Crippen LogP contribution in [0, 0.1) is 5.92 Å². The molecular formula is C14H16ClNO3. The van der Waals surface area contributed by atoms with Crippen LogP contribution in [0.4, 0.5) is 0 Å². The van der Waals surface area contributed by atoms with Crippen molar-refractivity contribution in [3.8, 4) is 0 Å². The molecule has 0 radical (unpaired) electrons. The predicted octanol–water partition coefficient (Wildman–Crippen LogP) is 2.58. The van der Waals surface area contributed by atoms with Crippen LogP contribution in [-0.2, 0) is 9.59 Å². The van der Waals surface area contributed by atoms with Gasteiger partial charge in [-0.1, -0.05) is 37.6 Å². The molecule has 1 rings (SSSR count). The Hall–Kier alpha value is -1.81. The van der Waals surface area contributed by atoms with Crippen LogP contribution in [0.1, 0.15) is 19.4 Å². The van der Waals surface area contributed by atoms with Gasteiger partial charge in [-0.15, -0.1) is 0 Å². The number of carbonyl (C=O) groups excluding carboxylic acids is 1. The molecule has 0 bridgehead atoms. The number of benzene rings is 1. The van der Waals surface area contributed by atoms with E-state index >= 15 is 0 Å². The van der Waals surface area contributed by atoms with Crippen LogP contribution in [0.25, 0.3) is 6.08 Å². The Bertz CT molecular complexity index is 480. The number of aliphatic carboxylic acids is 1. The molecule has 0 aliphatic carbocycles. The van der Waals surface area contributed by atoms with Gasteiger partial charge in [0, 0.05) is 11.1 Å². The van der Waals surface area contributed by atoms with Gasteiger partial charge in [0.1, 0.15) is 6.04 Å². The molecule has 1 unspecified atom stereocenters. The van der Waals surface area contributed by atoms with E-state index in [9.17, 15) is 9.59 Å². The van der Waals surface area contributed by atoms with Crippen molar-refractivity contribution in [1.29, 1.82) is 0 Å². The maximum Gasteiger partial charge on any atom is 0.326 e. The first kappa shape index (κ1) is 15.2. The molecule has 1 aromatic rings. The third kappa shape index (κ3) is 5.14. The Morgan fingerprint density at radius 1 is 1.26 bits per heavy atom. The van der Waals surface area contributed by atoms with Gasteiger partial charge in [0.15, 0.2) is 0 Å². The second kappa shape index (κ2) is 6.95. The van der Waals surface area contributed by atoms with E-state index in [0.29, 0.717) is 5.02 Å². The van der Waals surface area contributed by atoms with Crippen LogP contribution in [0.15, 0.2) is 30.3 Å². The summed E-state index contributed by atoms with van der Waals surface area (Å²) in [5.41, 5.74) is 0.816. The van der Waals surface area contributed by atoms with Crippen molar-refractivity contribution in [2.24, 2.45) is 5.92 Å². The molecule has 19 heavy (non-hydrogen) atoms. The second-order valence-corrected chi connectivity index (χ2v) is 4.89. The third-order valence-corrected chi connectivity index (χ3v) is 2.78. The Kier molecular flexibility index (Phi) is 5.57. The molecule has 5 heteroatoms. The minimum absolute atomic E-state index is 0.176. The zero-order valence-electron chi connectivity index (χ0n) is 10.8. The van der Waals surface area contributed by atoms with Crippen molar-refractivity contribution < 1.29 is 14.7 Å². The van der Waals surface area contributed by atoms with E-state index in [1.165, 1.54) is 6.08 Å². The van der Waals surface area contributed by atoms with Gasteiger partial charge in [0.05, 0.1) is 0 Å². The van der Waals surface area contributed by atoms with Crippen molar-refractivity contribution in [2.45, 2.75) is 19.9 Å². The van der Waals surface area contributed by atoms with Crippen molar-refractivity contribution in [3.05, 3.63) is 40.9 Å². The van der Waals surface area contributed by atoms with E-state index in [-0.39, 0.29) is 5.92 Å². The van der Waals surface area contributed by atoms with E-state index in [0.717, 1.165) is 5.56 Å². The zero-order chi connectivity index (χ0) is 14.4. The van der Waals surface area contributed by atoms with Gasteiger partial charge in [-0.2, -0.15) is 0 Å². The SMILES string of the molecule is CC(C)C(NC(=O)/C=C/c1ccc(Cl)cc1)C(=O)O. The Morgan fingerprint density at radius 2 is 1.84 bits per heavy atom. The van der Waals surface area contributed by atoms with Gasteiger partial charge in [-0.05, 0) is 29.7 Å². The average molecular weight is 282 g/mol. The topological polar surface area (TPSA) is 66.4 Å². The Balaban J connectivity index is 2.64. The van der Waals surface area contributed by atoms with Crippen molar-refractivity contribution in [2.75, 3.05) is 0 Å². The lowest BCUT2D eigenvalue weighted by Crippen LogP contribution is -2.43. The fourth-order valence-corrected chi connectivity index (χ4v) is 1.59. The maximum absolute atomic E-state index is 11.6. The van der Waals surface area contributed by atoms with Gasteiger partial charge in [0.25, 0.3) is 0 Å². The van der Waals surface area contributed by atoms with Crippen LogP contribution in [0.5, 0.6) is 0 Å². The van der Waals surface area contributed by atoms with Crippen LogP contribution in [0.2, 0.25) is 5.02 Å². The molecule has 1 amide bonds. The van der Waals surface area contributed by atoms with Crippen molar-refractivity contribution >= 4 is 29.6 Å². The van der Waals surface area contributed by atoms with E-state index in [2.05, 4.69) is 5.32 Å². The standard InChI is InChI=1S/C14H16ClNO3/c1-9(2)13(14(18)19)16-12(17)8-5-10-3-6-11(15)7-4-10/h3-9,13H,1-2H3,(H,16,17)(H,18,19)/b8-5+. The quantitative estimate of drug-likeness (QED) is 0.815. The zero-order valence-corrected chi connectivity index (χ0v) is 11.5. The number of carbonyl (C=O) groups is 2. The number of nitrogens with one attached hydrogen (secondary N) is 1. The number of halogens is 1. The highest BCUT2D eigenvalue weighted by Gasteiger charge is 2.22. The summed E-state index contributed by atoms with van der Waals surface area (Å²) in [4.78, 5) is 22.5. The van der Waals surface area contributed by atoms with Crippen molar-refractivity contribution in [1.82, 2.24) is 5.32 Å². The predicted molar refractivity (Wildman–Crippen MR) is 74.9 cm³/mol. The molecule has 0 saturated heterocycles. The van der Waals surface area contributed by atoms with E-state index in [1.807, 2.05) is 0 Å². The van der Waals surface area contributed by atoms with E-state index in [1.54, 1.807) is 44.2 Å². The number of hydrogen-bond acceptors (Lipinski definition) is 2.